The minimum absolute atomic E-state index is 0.0417. The number of piperazine rings is 1. The zero-order valence-electron chi connectivity index (χ0n) is 11.0. The molecular formula is C14H16ClN3O2. The molecule has 0 bridgehead atoms. The summed E-state index contributed by atoms with van der Waals surface area (Å²) in [5, 5.41) is 3.33. The van der Waals surface area contributed by atoms with Crippen molar-refractivity contribution in [3.05, 3.63) is 29.3 Å². The van der Waals surface area contributed by atoms with Crippen LogP contribution in [0, 0.1) is 0 Å². The molecule has 1 saturated heterocycles. The first kappa shape index (κ1) is 13.2. The van der Waals surface area contributed by atoms with Gasteiger partial charge in [0.15, 0.2) is 0 Å². The number of rotatable bonds is 2. The van der Waals surface area contributed by atoms with Crippen LogP contribution < -0.4 is 5.32 Å². The molecule has 1 heterocycles. The molecule has 0 aromatic heterocycles. The lowest BCUT2D eigenvalue weighted by Gasteiger charge is -2.34. The van der Waals surface area contributed by atoms with E-state index in [-0.39, 0.29) is 18.5 Å². The fourth-order valence-corrected chi connectivity index (χ4v) is 2.59. The Balaban J connectivity index is 1.59. The lowest BCUT2D eigenvalue weighted by Crippen LogP contribution is -2.53. The Morgan fingerprint density at radius 2 is 2.10 bits per heavy atom. The number of carbonyl (C=O) groups is 2. The average molecular weight is 294 g/mol. The smallest absolute Gasteiger partial charge is 0.322 e. The molecular weight excluding hydrogens is 278 g/mol. The molecule has 3 rings (SSSR count). The Morgan fingerprint density at radius 3 is 2.75 bits per heavy atom. The molecule has 1 aromatic carbocycles. The van der Waals surface area contributed by atoms with Gasteiger partial charge in [-0.05, 0) is 31.0 Å². The second-order valence-corrected chi connectivity index (χ2v) is 5.62. The van der Waals surface area contributed by atoms with Crippen LogP contribution in [0.25, 0.3) is 0 Å². The van der Waals surface area contributed by atoms with Gasteiger partial charge in [0.05, 0.1) is 0 Å². The van der Waals surface area contributed by atoms with Gasteiger partial charge in [-0.25, -0.2) is 4.79 Å². The summed E-state index contributed by atoms with van der Waals surface area (Å²) in [6, 6.07) is 7.13. The number of hydrogen-bond acceptors (Lipinski definition) is 2. The largest absolute Gasteiger partial charge is 0.336 e. The number of nitrogens with zero attached hydrogens (tertiary/aromatic N) is 2. The summed E-state index contributed by atoms with van der Waals surface area (Å²) in [5.41, 5.74) is 0.638. The summed E-state index contributed by atoms with van der Waals surface area (Å²) >= 11 is 5.87. The minimum Gasteiger partial charge on any atom is -0.336 e. The summed E-state index contributed by atoms with van der Waals surface area (Å²) < 4.78 is 0. The molecule has 106 valence electrons. The topological polar surface area (TPSA) is 52.7 Å². The highest BCUT2D eigenvalue weighted by Crippen LogP contribution is 2.28. The number of hydrogen-bond donors (Lipinski definition) is 1. The third-order valence-corrected chi connectivity index (χ3v) is 3.84. The third-order valence-electron chi connectivity index (χ3n) is 3.61. The molecule has 0 radical (unpaired) electrons. The molecule has 1 aromatic rings. The number of anilines is 1. The van der Waals surface area contributed by atoms with Crippen molar-refractivity contribution in [1.82, 2.24) is 9.80 Å². The highest BCUT2D eigenvalue weighted by Gasteiger charge is 2.36. The Bertz CT molecular complexity index is 545. The predicted octanol–water partition coefficient (Wildman–Crippen LogP) is 2.18. The van der Waals surface area contributed by atoms with Crippen LogP contribution in [0.2, 0.25) is 5.02 Å². The molecule has 3 amide bonds. The molecule has 1 aliphatic heterocycles. The van der Waals surface area contributed by atoms with Crippen molar-refractivity contribution in [2.24, 2.45) is 0 Å². The van der Waals surface area contributed by atoms with Gasteiger partial charge in [0, 0.05) is 29.8 Å². The zero-order chi connectivity index (χ0) is 14.1. The molecule has 20 heavy (non-hydrogen) atoms. The molecule has 0 atom stereocenters. The number of amides is 3. The van der Waals surface area contributed by atoms with Crippen molar-refractivity contribution in [1.29, 1.82) is 0 Å². The van der Waals surface area contributed by atoms with Gasteiger partial charge < -0.3 is 15.1 Å². The van der Waals surface area contributed by atoms with Crippen LogP contribution in [0.4, 0.5) is 10.5 Å². The van der Waals surface area contributed by atoms with E-state index < -0.39 is 0 Å². The number of nitrogens with one attached hydrogen (secondary N) is 1. The summed E-state index contributed by atoms with van der Waals surface area (Å²) in [6.07, 6.45) is 2.20. The minimum atomic E-state index is -0.254. The van der Waals surface area contributed by atoms with Crippen LogP contribution in [0.15, 0.2) is 24.3 Å². The van der Waals surface area contributed by atoms with Crippen molar-refractivity contribution >= 4 is 29.2 Å². The van der Waals surface area contributed by atoms with E-state index in [1.54, 1.807) is 29.2 Å². The summed E-state index contributed by atoms with van der Waals surface area (Å²) in [5.74, 6) is 0.0417. The maximum atomic E-state index is 12.1. The Morgan fingerprint density at radius 1 is 1.30 bits per heavy atom. The summed E-state index contributed by atoms with van der Waals surface area (Å²) in [4.78, 5) is 27.5. The first-order valence-corrected chi connectivity index (χ1v) is 7.12. The highest BCUT2D eigenvalue weighted by molar-refractivity contribution is 6.30. The second kappa shape index (κ2) is 5.32. The van der Waals surface area contributed by atoms with Gasteiger partial charge in [-0.1, -0.05) is 17.7 Å². The highest BCUT2D eigenvalue weighted by atomic mass is 35.5. The van der Waals surface area contributed by atoms with E-state index in [9.17, 15) is 9.59 Å². The summed E-state index contributed by atoms with van der Waals surface area (Å²) in [7, 11) is 0. The summed E-state index contributed by atoms with van der Waals surface area (Å²) in [6.45, 7) is 1.37. The number of benzene rings is 1. The molecule has 1 N–H and O–H groups in total. The van der Waals surface area contributed by atoms with Crippen LogP contribution >= 0.6 is 11.6 Å². The standard InChI is InChI=1S/C14H16ClN3O2/c15-10-2-1-3-11(8-10)16-14(20)17-6-7-18(12-4-5-12)13(19)9-17/h1-3,8,12H,4-7,9H2,(H,16,20). The van der Waals surface area contributed by atoms with E-state index in [0.717, 1.165) is 12.8 Å². The van der Waals surface area contributed by atoms with Gasteiger partial charge in [-0.2, -0.15) is 0 Å². The number of halogens is 1. The third kappa shape index (κ3) is 2.88. The van der Waals surface area contributed by atoms with E-state index >= 15 is 0 Å². The molecule has 1 saturated carbocycles. The fourth-order valence-electron chi connectivity index (χ4n) is 2.40. The van der Waals surface area contributed by atoms with Crippen molar-refractivity contribution in [2.75, 3.05) is 25.0 Å². The van der Waals surface area contributed by atoms with E-state index in [4.69, 9.17) is 11.6 Å². The van der Waals surface area contributed by atoms with E-state index in [1.165, 1.54) is 0 Å². The first-order valence-electron chi connectivity index (χ1n) is 6.74. The zero-order valence-corrected chi connectivity index (χ0v) is 11.8. The van der Waals surface area contributed by atoms with Crippen LogP contribution in [0.5, 0.6) is 0 Å². The number of carbonyl (C=O) groups excluding carboxylic acids is 2. The molecule has 2 aliphatic rings. The monoisotopic (exact) mass is 293 g/mol. The first-order chi connectivity index (χ1) is 9.63. The normalized spacial score (nSPS) is 19.1. The Labute approximate surface area is 122 Å². The fraction of sp³-hybridized carbons (Fsp3) is 0.429. The van der Waals surface area contributed by atoms with Crippen molar-refractivity contribution in [3.8, 4) is 0 Å². The molecule has 2 fully saturated rings. The van der Waals surface area contributed by atoms with Crippen LogP contribution in [-0.2, 0) is 4.79 Å². The van der Waals surface area contributed by atoms with Gasteiger partial charge in [-0.15, -0.1) is 0 Å². The molecule has 5 nitrogen and oxygen atoms in total. The molecule has 0 spiro atoms. The predicted molar refractivity (Wildman–Crippen MR) is 76.8 cm³/mol. The van der Waals surface area contributed by atoms with Crippen LogP contribution in [0.3, 0.4) is 0 Å². The SMILES string of the molecule is O=C(Nc1cccc(Cl)c1)N1CCN(C2CC2)C(=O)C1. The quantitative estimate of drug-likeness (QED) is 0.908. The Hall–Kier alpha value is -1.75. The van der Waals surface area contributed by atoms with Gasteiger partial charge in [-0.3, -0.25) is 4.79 Å². The van der Waals surface area contributed by atoms with E-state index in [1.807, 2.05) is 4.90 Å². The van der Waals surface area contributed by atoms with Gasteiger partial charge in [0.2, 0.25) is 5.91 Å². The molecule has 0 unspecified atom stereocenters. The Kier molecular flexibility index (Phi) is 3.53. The van der Waals surface area contributed by atoms with Gasteiger partial charge >= 0.3 is 6.03 Å². The van der Waals surface area contributed by atoms with Crippen LogP contribution in [-0.4, -0.2) is 47.4 Å². The number of urea groups is 1. The van der Waals surface area contributed by atoms with Gasteiger partial charge in [0.25, 0.3) is 0 Å². The second-order valence-electron chi connectivity index (χ2n) is 5.18. The lowest BCUT2D eigenvalue weighted by atomic mass is 10.3. The van der Waals surface area contributed by atoms with Crippen molar-refractivity contribution in [3.63, 3.8) is 0 Å². The molecule has 6 heteroatoms. The maximum Gasteiger partial charge on any atom is 0.322 e. The average Bonchev–Trinajstić information content (AvgIpc) is 3.23. The van der Waals surface area contributed by atoms with Crippen molar-refractivity contribution in [2.45, 2.75) is 18.9 Å². The van der Waals surface area contributed by atoms with Crippen molar-refractivity contribution < 1.29 is 9.59 Å². The van der Waals surface area contributed by atoms with Crippen LogP contribution in [0.1, 0.15) is 12.8 Å². The maximum absolute atomic E-state index is 12.1. The van der Waals surface area contributed by atoms with E-state index in [0.29, 0.717) is 29.8 Å². The van der Waals surface area contributed by atoms with E-state index in [2.05, 4.69) is 5.32 Å². The molecule has 1 aliphatic carbocycles. The lowest BCUT2D eigenvalue weighted by molar-refractivity contribution is -0.135. The van der Waals surface area contributed by atoms with Gasteiger partial charge in [0.1, 0.15) is 6.54 Å².